The Morgan fingerprint density at radius 2 is 1.67 bits per heavy atom. The summed E-state index contributed by atoms with van der Waals surface area (Å²) in [6.45, 7) is 0.558. The lowest BCUT2D eigenvalue weighted by molar-refractivity contribution is -0.128. The van der Waals surface area contributed by atoms with Crippen LogP contribution in [0, 0.1) is 0 Å². The summed E-state index contributed by atoms with van der Waals surface area (Å²) in [5.74, 6) is 2.07. The molecule has 27 heavy (non-hydrogen) atoms. The number of hydrogen-bond acceptors (Lipinski definition) is 4. The molecule has 1 aliphatic rings. The molecular weight excluding hydrogens is 358 g/mol. The lowest BCUT2D eigenvalue weighted by atomic mass is 10.1. The SMILES string of the molecule is COc1cccc(OC)c1C1SCC(=O)N1Cc1ccc2ccccc2c1. The van der Waals surface area contributed by atoms with Crippen molar-refractivity contribution in [2.45, 2.75) is 11.9 Å². The standard InChI is InChI=1S/C22H21NO3S/c1-25-18-8-5-9-19(26-2)21(18)22-23(20(24)14-27-22)13-15-10-11-16-6-3-4-7-17(16)12-15/h3-12,22H,13-14H2,1-2H3. The van der Waals surface area contributed by atoms with Crippen molar-refractivity contribution in [2.24, 2.45) is 0 Å². The van der Waals surface area contributed by atoms with Crippen LogP contribution in [-0.4, -0.2) is 30.8 Å². The predicted octanol–water partition coefficient (Wildman–Crippen LogP) is 4.63. The van der Waals surface area contributed by atoms with Gasteiger partial charge in [0.2, 0.25) is 5.91 Å². The van der Waals surface area contributed by atoms with E-state index in [9.17, 15) is 4.79 Å². The summed E-state index contributed by atoms with van der Waals surface area (Å²) < 4.78 is 11.1. The number of ether oxygens (including phenoxy) is 2. The molecule has 0 saturated carbocycles. The molecule has 1 atom stereocenters. The zero-order chi connectivity index (χ0) is 18.8. The summed E-state index contributed by atoms with van der Waals surface area (Å²) in [7, 11) is 3.29. The van der Waals surface area contributed by atoms with Gasteiger partial charge in [0.1, 0.15) is 16.9 Å². The molecule has 1 heterocycles. The predicted molar refractivity (Wildman–Crippen MR) is 109 cm³/mol. The first-order valence-corrected chi connectivity index (χ1v) is 9.86. The Kier molecular flexibility index (Phi) is 4.94. The highest BCUT2D eigenvalue weighted by atomic mass is 32.2. The fourth-order valence-electron chi connectivity index (χ4n) is 3.52. The first-order valence-electron chi connectivity index (χ1n) is 8.81. The van der Waals surface area contributed by atoms with Crippen molar-refractivity contribution in [2.75, 3.05) is 20.0 Å². The molecule has 0 bridgehead atoms. The topological polar surface area (TPSA) is 38.8 Å². The summed E-state index contributed by atoms with van der Waals surface area (Å²) in [5, 5.41) is 2.25. The highest BCUT2D eigenvalue weighted by Crippen LogP contribution is 2.47. The zero-order valence-corrected chi connectivity index (χ0v) is 16.2. The van der Waals surface area contributed by atoms with Gasteiger partial charge in [-0.25, -0.2) is 0 Å². The van der Waals surface area contributed by atoms with Crippen LogP contribution in [0.4, 0.5) is 0 Å². The van der Waals surface area contributed by atoms with E-state index in [4.69, 9.17) is 9.47 Å². The molecule has 1 fully saturated rings. The molecule has 1 unspecified atom stereocenters. The fraction of sp³-hybridized carbons (Fsp3) is 0.227. The summed E-state index contributed by atoms with van der Waals surface area (Å²) >= 11 is 1.61. The minimum absolute atomic E-state index is 0.130. The van der Waals surface area contributed by atoms with Crippen LogP contribution in [0.5, 0.6) is 11.5 Å². The number of rotatable bonds is 5. The van der Waals surface area contributed by atoms with E-state index in [0.29, 0.717) is 12.3 Å². The smallest absolute Gasteiger partial charge is 0.234 e. The zero-order valence-electron chi connectivity index (χ0n) is 15.3. The lowest BCUT2D eigenvalue weighted by Gasteiger charge is -2.27. The molecule has 0 N–H and O–H groups in total. The van der Waals surface area contributed by atoms with Crippen molar-refractivity contribution in [1.82, 2.24) is 4.90 Å². The normalized spacial score (nSPS) is 16.7. The van der Waals surface area contributed by atoms with E-state index in [1.54, 1.807) is 26.0 Å². The second-order valence-electron chi connectivity index (χ2n) is 6.44. The molecule has 4 rings (SSSR count). The van der Waals surface area contributed by atoms with Crippen LogP contribution in [0.15, 0.2) is 60.7 Å². The number of methoxy groups -OCH3 is 2. The minimum atomic E-state index is -0.130. The summed E-state index contributed by atoms with van der Waals surface area (Å²) in [4.78, 5) is 14.6. The van der Waals surface area contributed by atoms with Gasteiger partial charge in [0, 0.05) is 6.54 Å². The number of carbonyl (C=O) groups is 1. The van der Waals surface area contributed by atoms with E-state index in [0.717, 1.165) is 22.6 Å². The van der Waals surface area contributed by atoms with Crippen LogP contribution in [0.1, 0.15) is 16.5 Å². The first kappa shape index (κ1) is 17.7. The summed E-state index contributed by atoms with van der Waals surface area (Å²) in [6, 6.07) is 20.3. The van der Waals surface area contributed by atoms with Gasteiger partial charge in [-0.05, 0) is 34.5 Å². The summed E-state index contributed by atoms with van der Waals surface area (Å²) in [6.07, 6.45) is 0. The molecule has 138 valence electrons. The Labute approximate surface area is 163 Å². The van der Waals surface area contributed by atoms with Crippen molar-refractivity contribution in [1.29, 1.82) is 0 Å². The van der Waals surface area contributed by atoms with Crippen LogP contribution in [0.25, 0.3) is 10.8 Å². The van der Waals surface area contributed by atoms with Gasteiger partial charge >= 0.3 is 0 Å². The Morgan fingerprint density at radius 1 is 0.963 bits per heavy atom. The van der Waals surface area contributed by atoms with Crippen LogP contribution in [-0.2, 0) is 11.3 Å². The lowest BCUT2D eigenvalue weighted by Crippen LogP contribution is -2.28. The van der Waals surface area contributed by atoms with Crippen molar-refractivity contribution < 1.29 is 14.3 Å². The average molecular weight is 379 g/mol. The van der Waals surface area contributed by atoms with Crippen molar-refractivity contribution >= 4 is 28.4 Å². The number of amides is 1. The molecule has 0 radical (unpaired) electrons. The van der Waals surface area contributed by atoms with Gasteiger partial charge in [-0.3, -0.25) is 4.79 Å². The largest absolute Gasteiger partial charge is 0.496 e. The minimum Gasteiger partial charge on any atom is -0.496 e. The fourth-order valence-corrected chi connectivity index (χ4v) is 4.76. The molecule has 4 nitrogen and oxygen atoms in total. The molecule has 3 aromatic rings. The van der Waals surface area contributed by atoms with Crippen molar-refractivity contribution in [3.8, 4) is 11.5 Å². The third-order valence-electron chi connectivity index (χ3n) is 4.85. The van der Waals surface area contributed by atoms with Gasteiger partial charge in [-0.15, -0.1) is 11.8 Å². The van der Waals surface area contributed by atoms with E-state index in [2.05, 4.69) is 30.3 Å². The van der Waals surface area contributed by atoms with E-state index >= 15 is 0 Å². The molecule has 0 aliphatic carbocycles. The summed E-state index contributed by atoms with van der Waals surface area (Å²) in [5.41, 5.74) is 2.03. The Morgan fingerprint density at radius 3 is 2.37 bits per heavy atom. The van der Waals surface area contributed by atoms with E-state index in [1.807, 2.05) is 35.2 Å². The Balaban J connectivity index is 1.69. The van der Waals surface area contributed by atoms with Gasteiger partial charge in [0.25, 0.3) is 0 Å². The van der Waals surface area contributed by atoms with Crippen molar-refractivity contribution in [3.05, 3.63) is 71.8 Å². The highest BCUT2D eigenvalue weighted by Gasteiger charge is 2.36. The highest BCUT2D eigenvalue weighted by molar-refractivity contribution is 8.00. The number of carbonyl (C=O) groups excluding carboxylic acids is 1. The Bertz CT molecular complexity index is 966. The number of thioether (sulfide) groups is 1. The van der Waals surface area contributed by atoms with Crippen LogP contribution < -0.4 is 9.47 Å². The van der Waals surface area contributed by atoms with E-state index < -0.39 is 0 Å². The number of benzene rings is 3. The van der Waals surface area contributed by atoms with Crippen LogP contribution in [0.2, 0.25) is 0 Å². The van der Waals surface area contributed by atoms with Gasteiger partial charge in [-0.2, -0.15) is 0 Å². The van der Waals surface area contributed by atoms with Gasteiger partial charge in [-0.1, -0.05) is 42.5 Å². The molecule has 5 heteroatoms. The third kappa shape index (κ3) is 3.35. The molecule has 1 saturated heterocycles. The second-order valence-corrected chi connectivity index (χ2v) is 7.51. The molecule has 0 spiro atoms. The molecular formula is C22H21NO3S. The van der Waals surface area contributed by atoms with E-state index in [1.165, 1.54) is 10.8 Å². The quantitative estimate of drug-likeness (QED) is 0.648. The number of hydrogen-bond donors (Lipinski definition) is 0. The maximum atomic E-state index is 12.6. The maximum absolute atomic E-state index is 12.6. The van der Waals surface area contributed by atoms with Crippen LogP contribution >= 0.6 is 11.8 Å². The average Bonchev–Trinajstić information content (AvgIpc) is 3.07. The first-order chi connectivity index (χ1) is 13.2. The molecule has 1 amide bonds. The van der Waals surface area contributed by atoms with Gasteiger partial charge in [0.15, 0.2) is 0 Å². The maximum Gasteiger partial charge on any atom is 0.234 e. The second kappa shape index (κ2) is 7.53. The van der Waals surface area contributed by atoms with Crippen LogP contribution in [0.3, 0.4) is 0 Å². The van der Waals surface area contributed by atoms with Gasteiger partial charge in [0.05, 0.1) is 25.5 Å². The number of nitrogens with zero attached hydrogens (tertiary/aromatic N) is 1. The van der Waals surface area contributed by atoms with E-state index in [-0.39, 0.29) is 11.3 Å². The molecule has 1 aliphatic heterocycles. The molecule has 3 aromatic carbocycles. The Hall–Kier alpha value is -2.66. The van der Waals surface area contributed by atoms with Crippen molar-refractivity contribution in [3.63, 3.8) is 0 Å². The molecule has 0 aromatic heterocycles. The number of fused-ring (bicyclic) bond motifs is 1. The third-order valence-corrected chi connectivity index (χ3v) is 6.07. The monoisotopic (exact) mass is 379 g/mol. The van der Waals surface area contributed by atoms with Gasteiger partial charge < -0.3 is 14.4 Å².